The van der Waals surface area contributed by atoms with E-state index in [4.69, 9.17) is 15.2 Å². The zero-order valence-electron chi connectivity index (χ0n) is 12.7. The normalized spacial score (nSPS) is 10.6. The van der Waals surface area contributed by atoms with Gasteiger partial charge in [0.05, 0.1) is 13.2 Å². The van der Waals surface area contributed by atoms with Crippen LogP contribution in [-0.4, -0.2) is 23.0 Å². The second-order valence-electron chi connectivity index (χ2n) is 4.87. The maximum Gasteiger partial charge on any atom is 0.127 e. The fourth-order valence-electron chi connectivity index (χ4n) is 2.06. The van der Waals surface area contributed by atoms with Gasteiger partial charge in [-0.1, -0.05) is 13.0 Å². The molecular formula is C16H23N3O2. The zero-order chi connectivity index (χ0) is 15.1. The first-order valence-electron chi connectivity index (χ1n) is 7.30. The molecule has 0 fully saturated rings. The number of rotatable bonds is 8. The Morgan fingerprint density at radius 2 is 2.05 bits per heavy atom. The van der Waals surface area contributed by atoms with Crippen molar-refractivity contribution < 1.29 is 9.47 Å². The van der Waals surface area contributed by atoms with Crippen LogP contribution in [0.2, 0.25) is 0 Å². The summed E-state index contributed by atoms with van der Waals surface area (Å²) in [6, 6.07) is 7.81. The average molecular weight is 289 g/mol. The first kappa shape index (κ1) is 15.4. The van der Waals surface area contributed by atoms with Gasteiger partial charge in [-0.05, 0) is 18.6 Å². The van der Waals surface area contributed by atoms with Crippen molar-refractivity contribution in [2.24, 2.45) is 12.8 Å². The van der Waals surface area contributed by atoms with Crippen LogP contribution >= 0.6 is 0 Å². The van der Waals surface area contributed by atoms with Gasteiger partial charge in [0.1, 0.15) is 11.5 Å². The van der Waals surface area contributed by atoms with Crippen molar-refractivity contribution in [3.05, 3.63) is 41.7 Å². The van der Waals surface area contributed by atoms with E-state index >= 15 is 0 Å². The summed E-state index contributed by atoms with van der Waals surface area (Å²) >= 11 is 0. The molecule has 2 N–H and O–H groups in total. The maximum absolute atomic E-state index is 5.88. The number of nitrogens with zero attached hydrogens (tertiary/aromatic N) is 2. The largest absolute Gasteiger partial charge is 0.493 e. The molecule has 2 aromatic rings. The smallest absolute Gasteiger partial charge is 0.127 e. The molecule has 0 amide bonds. The Kier molecular flexibility index (Phi) is 5.63. The van der Waals surface area contributed by atoms with Gasteiger partial charge in [-0.3, -0.25) is 4.68 Å². The Labute approximate surface area is 125 Å². The van der Waals surface area contributed by atoms with Crippen LogP contribution < -0.4 is 15.2 Å². The Morgan fingerprint density at radius 3 is 2.71 bits per heavy atom. The first-order chi connectivity index (χ1) is 10.2. The molecule has 0 aliphatic rings. The summed E-state index contributed by atoms with van der Waals surface area (Å²) in [7, 11) is 1.93. The van der Waals surface area contributed by atoms with E-state index < -0.39 is 0 Å². The molecule has 2 rings (SSSR count). The van der Waals surface area contributed by atoms with Crippen molar-refractivity contribution >= 4 is 0 Å². The van der Waals surface area contributed by atoms with Crippen LogP contribution in [0.25, 0.3) is 0 Å². The van der Waals surface area contributed by atoms with Crippen LogP contribution in [0.4, 0.5) is 0 Å². The lowest BCUT2D eigenvalue weighted by molar-refractivity contribution is 0.300. The summed E-state index contributed by atoms with van der Waals surface area (Å²) in [5.74, 6) is 1.62. The third-order valence-corrected chi connectivity index (χ3v) is 3.27. The molecular weight excluding hydrogens is 266 g/mol. The standard InChI is InChI=1S/C16H23N3O2/c1-3-9-20-15-5-4-13(12-17)16(11-15)21-10-7-14-6-8-18-19(14)2/h4-6,8,11H,3,7,9-10,12,17H2,1-2H3. The SMILES string of the molecule is CCCOc1ccc(CN)c(OCCc2ccnn2C)c1. The zero-order valence-corrected chi connectivity index (χ0v) is 12.7. The summed E-state index contributed by atoms with van der Waals surface area (Å²) in [4.78, 5) is 0. The highest BCUT2D eigenvalue weighted by atomic mass is 16.5. The summed E-state index contributed by atoms with van der Waals surface area (Å²) in [6.07, 6.45) is 3.58. The van der Waals surface area contributed by atoms with Gasteiger partial charge < -0.3 is 15.2 Å². The van der Waals surface area contributed by atoms with Crippen molar-refractivity contribution in [2.45, 2.75) is 26.3 Å². The van der Waals surface area contributed by atoms with Gasteiger partial charge in [0.25, 0.3) is 0 Å². The van der Waals surface area contributed by atoms with E-state index in [1.54, 1.807) is 6.20 Å². The molecule has 114 valence electrons. The van der Waals surface area contributed by atoms with Gasteiger partial charge in [-0.2, -0.15) is 5.10 Å². The minimum Gasteiger partial charge on any atom is -0.493 e. The Bertz CT molecular complexity index is 566. The first-order valence-corrected chi connectivity index (χ1v) is 7.30. The van der Waals surface area contributed by atoms with E-state index in [0.29, 0.717) is 19.8 Å². The number of aromatic nitrogens is 2. The molecule has 0 unspecified atom stereocenters. The molecule has 0 saturated carbocycles. The lowest BCUT2D eigenvalue weighted by atomic mass is 10.2. The van der Waals surface area contributed by atoms with Gasteiger partial charge in [-0.25, -0.2) is 0 Å². The van der Waals surface area contributed by atoms with Gasteiger partial charge in [0.15, 0.2) is 0 Å². The Balaban J connectivity index is 1.98. The number of ether oxygens (including phenoxy) is 2. The van der Waals surface area contributed by atoms with Crippen LogP contribution in [0.15, 0.2) is 30.5 Å². The fraction of sp³-hybridized carbons (Fsp3) is 0.438. The molecule has 0 atom stereocenters. The van der Waals surface area contributed by atoms with Crippen LogP contribution in [0.1, 0.15) is 24.6 Å². The molecule has 1 aromatic carbocycles. The monoisotopic (exact) mass is 289 g/mol. The highest BCUT2D eigenvalue weighted by Crippen LogP contribution is 2.25. The number of benzene rings is 1. The van der Waals surface area contributed by atoms with Crippen molar-refractivity contribution in [3.8, 4) is 11.5 Å². The van der Waals surface area contributed by atoms with E-state index in [1.165, 1.54) is 0 Å². The molecule has 1 heterocycles. The number of hydrogen-bond donors (Lipinski definition) is 1. The van der Waals surface area contributed by atoms with Crippen molar-refractivity contribution in [3.63, 3.8) is 0 Å². The van der Waals surface area contributed by atoms with Gasteiger partial charge in [-0.15, -0.1) is 0 Å². The third kappa shape index (κ3) is 4.23. The molecule has 5 heteroatoms. The number of aryl methyl sites for hydroxylation is 1. The fourth-order valence-corrected chi connectivity index (χ4v) is 2.06. The van der Waals surface area contributed by atoms with Crippen molar-refractivity contribution in [1.29, 1.82) is 0 Å². The maximum atomic E-state index is 5.88. The molecule has 0 aliphatic heterocycles. The quantitative estimate of drug-likeness (QED) is 0.810. The van der Waals surface area contributed by atoms with E-state index in [1.807, 2.05) is 36.0 Å². The van der Waals surface area contributed by atoms with E-state index in [2.05, 4.69) is 12.0 Å². The summed E-state index contributed by atoms with van der Waals surface area (Å²) < 4.78 is 13.4. The van der Waals surface area contributed by atoms with Gasteiger partial charge in [0.2, 0.25) is 0 Å². The van der Waals surface area contributed by atoms with Crippen molar-refractivity contribution in [1.82, 2.24) is 9.78 Å². The predicted octanol–water partition coefficient (Wildman–Crippen LogP) is 2.29. The summed E-state index contributed by atoms with van der Waals surface area (Å²) in [5, 5.41) is 4.14. The van der Waals surface area contributed by atoms with E-state index in [9.17, 15) is 0 Å². The topological polar surface area (TPSA) is 62.3 Å². The summed E-state index contributed by atoms with van der Waals surface area (Å²) in [5.41, 5.74) is 7.89. The Hall–Kier alpha value is -2.01. The number of hydrogen-bond acceptors (Lipinski definition) is 4. The second kappa shape index (κ2) is 7.69. The van der Waals surface area contributed by atoms with Crippen LogP contribution in [0.5, 0.6) is 11.5 Å². The van der Waals surface area contributed by atoms with E-state index in [0.717, 1.165) is 35.6 Å². The molecule has 21 heavy (non-hydrogen) atoms. The molecule has 1 aromatic heterocycles. The molecule has 0 spiro atoms. The summed E-state index contributed by atoms with van der Waals surface area (Å²) in [6.45, 7) is 3.83. The molecule has 0 saturated heterocycles. The lowest BCUT2D eigenvalue weighted by Crippen LogP contribution is -2.08. The minimum atomic E-state index is 0.453. The molecule has 0 radical (unpaired) electrons. The van der Waals surface area contributed by atoms with Crippen LogP contribution in [-0.2, 0) is 20.0 Å². The van der Waals surface area contributed by atoms with Crippen LogP contribution in [0, 0.1) is 0 Å². The van der Waals surface area contributed by atoms with Crippen molar-refractivity contribution in [2.75, 3.05) is 13.2 Å². The highest BCUT2D eigenvalue weighted by molar-refractivity contribution is 5.40. The molecule has 0 aliphatic carbocycles. The molecule has 0 bridgehead atoms. The van der Waals surface area contributed by atoms with E-state index in [-0.39, 0.29) is 0 Å². The van der Waals surface area contributed by atoms with Crippen LogP contribution in [0.3, 0.4) is 0 Å². The highest BCUT2D eigenvalue weighted by Gasteiger charge is 2.06. The lowest BCUT2D eigenvalue weighted by Gasteiger charge is -2.13. The number of nitrogens with two attached hydrogens (primary N) is 1. The third-order valence-electron chi connectivity index (χ3n) is 3.27. The predicted molar refractivity (Wildman–Crippen MR) is 82.5 cm³/mol. The Morgan fingerprint density at radius 1 is 1.19 bits per heavy atom. The molecule has 5 nitrogen and oxygen atoms in total. The average Bonchev–Trinajstić information content (AvgIpc) is 2.91. The second-order valence-corrected chi connectivity index (χ2v) is 4.87. The van der Waals surface area contributed by atoms with Gasteiger partial charge in [0, 0.05) is 43.5 Å². The minimum absolute atomic E-state index is 0.453. The van der Waals surface area contributed by atoms with Gasteiger partial charge >= 0.3 is 0 Å².